The summed E-state index contributed by atoms with van der Waals surface area (Å²) in [6.07, 6.45) is -0.548. The maximum absolute atomic E-state index is 10.4. The van der Waals surface area contributed by atoms with Crippen LogP contribution in [0.25, 0.3) is 0 Å². The molecule has 1 fully saturated rings. The number of nitrogens with zero attached hydrogens (tertiary/aromatic N) is 2. The molecule has 0 radical (unpaired) electrons. The van der Waals surface area contributed by atoms with Crippen molar-refractivity contribution in [3.63, 3.8) is 0 Å². The number of aliphatic hydroxyl groups excluding tert-OH is 1. The minimum Gasteiger partial charge on any atom is -0.492 e. The third-order valence-electron chi connectivity index (χ3n) is 5.44. The van der Waals surface area contributed by atoms with E-state index in [-0.39, 0.29) is 6.61 Å². The minimum absolute atomic E-state index is 0.282. The highest BCUT2D eigenvalue weighted by atomic mass is 16.5. The number of morpholine rings is 1. The van der Waals surface area contributed by atoms with E-state index >= 15 is 0 Å². The molecule has 31 heavy (non-hydrogen) atoms. The molecule has 2 aromatic carbocycles. The van der Waals surface area contributed by atoms with E-state index in [4.69, 9.17) is 14.2 Å². The second-order valence-electron chi connectivity index (χ2n) is 8.38. The van der Waals surface area contributed by atoms with Gasteiger partial charge in [0.05, 0.1) is 13.2 Å². The number of rotatable bonds is 11. The maximum Gasteiger partial charge on any atom is 0.122 e. The Bertz CT molecular complexity index is 791. The number of ether oxygens (including phenoxy) is 3. The molecule has 1 atom stereocenters. The average molecular weight is 429 g/mol. The smallest absolute Gasteiger partial charge is 0.122 e. The number of hydrogen-bond donors (Lipinski definition) is 1. The van der Waals surface area contributed by atoms with Gasteiger partial charge < -0.3 is 19.3 Å². The number of aliphatic hydroxyl groups is 1. The van der Waals surface area contributed by atoms with Crippen molar-refractivity contribution in [3.8, 4) is 11.5 Å². The van der Waals surface area contributed by atoms with E-state index in [9.17, 15) is 5.11 Å². The van der Waals surface area contributed by atoms with Gasteiger partial charge in [0.25, 0.3) is 0 Å². The molecular weight excluding hydrogens is 392 g/mol. The zero-order chi connectivity index (χ0) is 22.1. The molecule has 0 saturated carbocycles. The third kappa shape index (κ3) is 8.15. The lowest BCUT2D eigenvalue weighted by Gasteiger charge is -2.26. The minimum atomic E-state index is -0.548. The first kappa shape index (κ1) is 23.5. The van der Waals surface area contributed by atoms with E-state index in [1.165, 1.54) is 11.1 Å². The quantitative estimate of drug-likeness (QED) is 0.594. The molecule has 0 aromatic heterocycles. The molecule has 1 aliphatic heterocycles. The van der Waals surface area contributed by atoms with Crippen molar-refractivity contribution in [3.05, 3.63) is 59.2 Å². The Hall–Kier alpha value is -2.12. The maximum atomic E-state index is 10.4. The van der Waals surface area contributed by atoms with Crippen LogP contribution in [-0.2, 0) is 11.3 Å². The molecule has 2 aromatic rings. The van der Waals surface area contributed by atoms with Gasteiger partial charge >= 0.3 is 0 Å². The van der Waals surface area contributed by atoms with E-state index in [0.717, 1.165) is 56.5 Å². The Morgan fingerprint density at radius 3 is 2.52 bits per heavy atom. The Morgan fingerprint density at radius 1 is 1.06 bits per heavy atom. The normalized spacial score (nSPS) is 15.8. The molecule has 0 spiro atoms. The SMILES string of the molecule is Cc1ccc(OCC(O)CN(C)Cc2ccc(OCCN3CCOCC3)cc2)c(C)c1. The van der Waals surface area contributed by atoms with Crippen LogP contribution in [0.5, 0.6) is 11.5 Å². The first-order valence-corrected chi connectivity index (χ1v) is 11.1. The summed E-state index contributed by atoms with van der Waals surface area (Å²) < 4.78 is 17.0. The number of hydrogen-bond acceptors (Lipinski definition) is 6. The van der Waals surface area contributed by atoms with Crippen LogP contribution in [0.1, 0.15) is 16.7 Å². The number of likely N-dealkylation sites (N-methyl/N-ethyl adjacent to an activating group) is 1. The molecule has 170 valence electrons. The molecular formula is C25H36N2O4. The van der Waals surface area contributed by atoms with Crippen molar-refractivity contribution in [1.29, 1.82) is 0 Å². The van der Waals surface area contributed by atoms with Crippen molar-refractivity contribution in [1.82, 2.24) is 9.80 Å². The van der Waals surface area contributed by atoms with Crippen LogP contribution in [0, 0.1) is 13.8 Å². The van der Waals surface area contributed by atoms with Crippen LogP contribution in [-0.4, -0.2) is 80.7 Å². The fourth-order valence-corrected chi connectivity index (χ4v) is 3.74. The largest absolute Gasteiger partial charge is 0.492 e. The summed E-state index contributed by atoms with van der Waals surface area (Å²) >= 11 is 0. The average Bonchev–Trinajstić information content (AvgIpc) is 2.75. The van der Waals surface area contributed by atoms with E-state index < -0.39 is 6.10 Å². The summed E-state index contributed by atoms with van der Waals surface area (Å²) in [5.41, 5.74) is 3.48. The Labute approximate surface area is 186 Å². The van der Waals surface area contributed by atoms with Crippen molar-refractivity contribution in [2.24, 2.45) is 0 Å². The lowest BCUT2D eigenvalue weighted by Crippen LogP contribution is -2.38. The molecule has 0 aliphatic carbocycles. The highest BCUT2D eigenvalue weighted by Gasteiger charge is 2.12. The van der Waals surface area contributed by atoms with Gasteiger partial charge in [-0.1, -0.05) is 29.8 Å². The molecule has 6 nitrogen and oxygen atoms in total. The second-order valence-corrected chi connectivity index (χ2v) is 8.38. The first-order valence-electron chi connectivity index (χ1n) is 11.1. The van der Waals surface area contributed by atoms with E-state index in [1.54, 1.807) is 0 Å². The van der Waals surface area contributed by atoms with Gasteiger partial charge in [0.15, 0.2) is 0 Å². The summed E-state index contributed by atoms with van der Waals surface area (Å²) in [4.78, 5) is 4.46. The molecule has 1 heterocycles. The molecule has 0 bridgehead atoms. The Balaban J connectivity index is 1.35. The standard InChI is InChI=1S/C25H36N2O4/c1-20-4-9-25(21(2)16-20)31-19-23(28)18-26(3)17-22-5-7-24(8-6-22)30-15-12-27-10-13-29-14-11-27/h4-9,16,23,28H,10-15,17-19H2,1-3H3. The third-order valence-corrected chi connectivity index (χ3v) is 5.44. The second kappa shape index (κ2) is 12.1. The molecule has 1 saturated heterocycles. The highest BCUT2D eigenvalue weighted by Crippen LogP contribution is 2.19. The molecule has 0 amide bonds. The highest BCUT2D eigenvalue weighted by molar-refractivity contribution is 5.35. The summed E-state index contributed by atoms with van der Waals surface area (Å²) in [5, 5.41) is 10.4. The first-order chi connectivity index (χ1) is 15.0. The fourth-order valence-electron chi connectivity index (χ4n) is 3.74. The van der Waals surface area contributed by atoms with Crippen LogP contribution in [0.4, 0.5) is 0 Å². The molecule has 3 rings (SSSR count). The van der Waals surface area contributed by atoms with Gasteiger partial charge in [0.1, 0.15) is 30.8 Å². The van der Waals surface area contributed by atoms with Crippen molar-refractivity contribution in [2.45, 2.75) is 26.5 Å². The zero-order valence-corrected chi connectivity index (χ0v) is 19.0. The molecule has 1 unspecified atom stereocenters. The van der Waals surface area contributed by atoms with Gasteiger partial charge in [-0.25, -0.2) is 0 Å². The van der Waals surface area contributed by atoms with Crippen LogP contribution in [0.2, 0.25) is 0 Å². The number of benzene rings is 2. The van der Waals surface area contributed by atoms with Crippen LogP contribution >= 0.6 is 0 Å². The van der Waals surface area contributed by atoms with Crippen molar-refractivity contribution in [2.75, 3.05) is 59.7 Å². The van der Waals surface area contributed by atoms with Crippen LogP contribution in [0.3, 0.4) is 0 Å². The van der Waals surface area contributed by atoms with Crippen LogP contribution < -0.4 is 9.47 Å². The topological polar surface area (TPSA) is 54.4 Å². The van der Waals surface area contributed by atoms with Gasteiger partial charge in [-0.15, -0.1) is 0 Å². The fraction of sp³-hybridized carbons (Fsp3) is 0.520. The zero-order valence-electron chi connectivity index (χ0n) is 19.0. The molecule has 1 N–H and O–H groups in total. The summed E-state index contributed by atoms with van der Waals surface area (Å²) in [7, 11) is 2.01. The Morgan fingerprint density at radius 2 is 1.81 bits per heavy atom. The van der Waals surface area contributed by atoms with Crippen molar-refractivity contribution < 1.29 is 19.3 Å². The number of aryl methyl sites for hydroxylation is 2. The lowest BCUT2D eigenvalue weighted by molar-refractivity contribution is 0.0322. The van der Waals surface area contributed by atoms with E-state index in [0.29, 0.717) is 13.2 Å². The summed E-state index contributed by atoms with van der Waals surface area (Å²) in [5.74, 6) is 1.72. The van der Waals surface area contributed by atoms with Gasteiger partial charge in [0, 0.05) is 32.7 Å². The van der Waals surface area contributed by atoms with Gasteiger partial charge in [0.2, 0.25) is 0 Å². The van der Waals surface area contributed by atoms with E-state index in [2.05, 4.69) is 34.9 Å². The monoisotopic (exact) mass is 428 g/mol. The van der Waals surface area contributed by atoms with Gasteiger partial charge in [-0.05, 0) is 50.2 Å². The molecule has 1 aliphatic rings. The van der Waals surface area contributed by atoms with Crippen LogP contribution in [0.15, 0.2) is 42.5 Å². The summed E-state index contributed by atoms with van der Waals surface area (Å²) in [6, 6.07) is 14.3. The van der Waals surface area contributed by atoms with Crippen molar-refractivity contribution >= 4 is 0 Å². The Kier molecular flexibility index (Phi) is 9.15. The predicted octanol–water partition coefficient (Wildman–Crippen LogP) is 2.89. The predicted molar refractivity (Wildman–Crippen MR) is 123 cm³/mol. The van der Waals surface area contributed by atoms with Gasteiger partial charge in [-0.3, -0.25) is 9.80 Å². The van der Waals surface area contributed by atoms with Gasteiger partial charge in [-0.2, -0.15) is 0 Å². The molecule has 6 heteroatoms. The summed E-state index contributed by atoms with van der Waals surface area (Å²) in [6.45, 7) is 10.9. The lowest BCUT2D eigenvalue weighted by atomic mass is 10.1. The van der Waals surface area contributed by atoms with E-state index in [1.807, 2.05) is 38.2 Å².